The average molecular weight is 336 g/mol. The maximum Gasteiger partial charge on any atom is 1.00 e. The molecular formula is C8H12ClIr. The molecule has 0 saturated carbocycles. The van der Waals surface area contributed by atoms with Gasteiger partial charge < -0.3 is 12.4 Å². The van der Waals surface area contributed by atoms with Crippen molar-refractivity contribution in [3.05, 3.63) is 24.3 Å². The summed E-state index contributed by atoms with van der Waals surface area (Å²) in [6.07, 6.45) is 14.0. The van der Waals surface area contributed by atoms with Crippen LogP contribution < -0.4 is 12.4 Å². The molecule has 0 N–H and O–H groups in total. The van der Waals surface area contributed by atoms with Gasteiger partial charge in [-0.2, -0.15) is 0 Å². The van der Waals surface area contributed by atoms with Gasteiger partial charge in [0.15, 0.2) is 0 Å². The summed E-state index contributed by atoms with van der Waals surface area (Å²) in [4.78, 5) is 0. The number of rotatable bonds is 0. The van der Waals surface area contributed by atoms with Crippen LogP contribution in [0.1, 0.15) is 25.7 Å². The summed E-state index contributed by atoms with van der Waals surface area (Å²) >= 11 is 0. The molecule has 1 aliphatic carbocycles. The quantitative estimate of drug-likeness (QED) is 0.532. The smallest absolute Gasteiger partial charge is 1.00 e. The van der Waals surface area contributed by atoms with Gasteiger partial charge in [-0.1, -0.05) is 24.3 Å². The molecule has 60 valence electrons. The van der Waals surface area contributed by atoms with E-state index in [4.69, 9.17) is 0 Å². The van der Waals surface area contributed by atoms with Gasteiger partial charge >= 0.3 is 20.1 Å². The minimum absolute atomic E-state index is 0. The first-order valence-corrected chi connectivity index (χ1v) is 3.30. The van der Waals surface area contributed by atoms with Crippen LogP contribution in [-0.4, -0.2) is 0 Å². The second-order valence-corrected chi connectivity index (χ2v) is 2.10. The zero-order valence-electron chi connectivity index (χ0n) is 5.85. The number of halogens is 1. The first kappa shape index (κ1) is 13.0. The topological polar surface area (TPSA) is 0 Å². The van der Waals surface area contributed by atoms with E-state index in [1.54, 1.807) is 0 Å². The molecule has 0 aromatic heterocycles. The van der Waals surface area contributed by atoms with E-state index >= 15 is 0 Å². The van der Waals surface area contributed by atoms with Gasteiger partial charge in [0.1, 0.15) is 0 Å². The molecule has 0 aromatic carbocycles. The fourth-order valence-corrected chi connectivity index (χ4v) is 0.856. The summed E-state index contributed by atoms with van der Waals surface area (Å²) in [6.45, 7) is 0. The largest absolute Gasteiger partial charge is 1.00 e. The van der Waals surface area contributed by atoms with E-state index in [0.29, 0.717) is 0 Å². The molecule has 0 atom stereocenters. The van der Waals surface area contributed by atoms with Gasteiger partial charge in [-0.25, -0.2) is 0 Å². The van der Waals surface area contributed by atoms with E-state index in [2.05, 4.69) is 24.3 Å². The van der Waals surface area contributed by atoms with Gasteiger partial charge in [-0.3, -0.25) is 0 Å². The van der Waals surface area contributed by atoms with Crippen molar-refractivity contribution in [2.45, 2.75) is 25.7 Å². The number of hydrogen-bond acceptors (Lipinski definition) is 0. The summed E-state index contributed by atoms with van der Waals surface area (Å²) in [5.74, 6) is 0. The zero-order chi connectivity index (χ0) is 5.66. The van der Waals surface area contributed by atoms with Crippen LogP contribution in [0.25, 0.3) is 0 Å². The number of allylic oxidation sites excluding steroid dienone is 4. The van der Waals surface area contributed by atoms with E-state index in [1.807, 2.05) is 0 Å². The molecule has 0 nitrogen and oxygen atoms in total. The first-order chi connectivity index (χ1) is 4.00. The Balaban J connectivity index is 0. The summed E-state index contributed by atoms with van der Waals surface area (Å²) in [7, 11) is 0. The van der Waals surface area contributed by atoms with Crippen molar-refractivity contribution < 1.29 is 32.5 Å². The molecule has 0 aliphatic heterocycles. The molecule has 2 heteroatoms. The van der Waals surface area contributed by atoms with Crippen molar-refractivity contribution in [2.75, 3.05) is 0 Å². The molecule has 0 fully saturated rings. The molecular weight excluding hydrogens is 324 g/mol. The molecule has 0 amide bonds. The van der Waals surface area contributed by atoms with Crippen LogP contribution in [0, 0.1) is 0 Å². The van der Waals surface area contributed by atoms with Crippen molar-refractivity contribution in [1.82, 2.24) is 0 Å². The molecule has 10 heavy (non-hydrogen) atoms. The zero-order valence-corrected chi connectivity index (χ0v) is 9.00. The second kappa shape index (κ2) is 9.42. The van der Waals surface area contributed by atoms with Crippen molar-refractivity contribution in [3.63, 3.8) is 0 Å². The van der Waals surface area contributed by atoms with E-state index in [0.717, 1.165) is 0 Å². The second-order valence-electron chi connectivity index (χ2n) is 2.10. The van der Waals surface area contributed by atoms with Crippen molar-refractivity contribution >= 4 is 0 Å². The van der Waals surface area contributed by atoms with E-state index in [9.17, 15) is 0 Å². The Morgan fingerprint density at radius 2 is 0.800 bits per heavy atom. The monoisotopic (exact) mass is 336 g/mol. The maximum atomic E-state index is 2.27. The van der Waals surface area contributed by atoms with Gasteiger partial charge in [0.25, 0.3) is 0 Å². The summed E-state index contributed by atoms with van der Waals surface area (Å²) in [6, 6.07) is 0. The fourth-order valence-electron chi connectivity index (χ4n) is 0.856. The Morgan fingerprint density at radius 1 is 0.600 bits per heavy atom. The molecule has 1 aliphatic rings. The predicted octanol–water partition coefficient (Wildman–Crippen LogP) is -0.326. The van der Waals surface area contributed by atoms with Crippen LogP contribution in [0.5, 0.6) is 0 Å². The molecule has 0 bridgehead atoms. The standard InChI is InChI=1S/C8H12.ClH.Ir/c1-2-4-6-8-7-5-3-1;;/h1-2,7-8H,3-6H2;1H;/q;;+1/p-1/b2-1-,8-7-;;. The van der Waals surface area contributed by atoms with Gasteiger partial charge in [0, 0.05) is 0 Å². The molecule has 0 heterocycles. The minimum Gasteiger partial charge on any atom is -1.00 e. The Bertz CT molecular complexity index is 81.8. The summed E-state index contributed by atoms with van der Waals surface area (Å²) in [5, 5.41) is 0. The van der Waals surface area contributed by atoms with E-state index in [1.165, 1.54) is 25.7 Å². The predicted molar refractivity (Wildman–Crippen MR) is 36.7 cm³/mol. The molecule has 0 radical (unpaired) electrons. The number of hydrogen-bond donors (Lipinski definition) is 0. The summed E-state index contributed by atoms with van der Waals surface area (Å²) in [5.41, 5.74) is 0. The molecule has 1 rings (SSSR count). The minimum atomic E-state index is 0. The summed E-state index contributed by atoms with van der Waals surface area (Å²) < 4.78 is 0. The molecule has 0 aromatic rings. The molecule has 0 spiro atoms. The third-order valence-corrected chi connectivity index (χ3v) is 1.33. The van der Waals surface area contributed by atoms with Crippen LogP contribution >= 0.6 is 0 Å². The fraction of sp³-hybridized carbons (Fsp3) is 0.500. The van der Waals surface area contributed by atoms with E-state index in [-0.39, 0.29) is 32.5 Å². The van der Waals surface area contributed by atoms with Crippen LogP contribution in [-0.2, 0) is 20.1 Å². The first-order valence-electron chi connectivity index (χ1n) is 3.30. The van der Waals surface area contributed by atoms with Crippen molar-refractivity contribution in [3.8, 4) is 0 Å². The van der Waals surface area contributed by atoms with Gasteiger partial charge in [-0.15, -0.1) is 0 Å². The third kappa shape index (κ3) is 6.54. The molecule has 0 unspecified atom stereocenters. The Labute approximate surface area is 82.5 Å². The average Bonchev–Trinajstić information content (AvgIpc) is 1.62. The SMILES string of the molecule is C1=C\CC/C=C\CC/1.[Cl-].[Ir+]. The van der Waals surface area contributed by atoms with Gasteiger partial charge in [-0.05, 0) is 25.7 Å². The Hall–Kier alpha value is 0.419. The van der Waals surface area contributed by atoms with Crippen molar-refractivity contribution in [2.24, 2.45) is 0 Å². The van der Waals surface area contributed by atoms with Gasteiger partial charge in [0.2, 0.25) is 0 Å². The Morgan fingerprint density at radius 3 is 1.00 bits per heavy atom. The van der Waals surface area contributed by atoms with Crippen LogP contribution in [0.3, 0.4) is 0 Å². The Kier molecular flexibility index (Phi) is 12.3. The normalized spacial score (nSPS) is 22.4. The van der Waals surface area contributed by atoms with Crippen LogP contribution in [0.4, 0.5) is 0 Å². The third-order valence-electron chi connectivity index (χ3n) is 1.33. The molecule has 0 saturated heterocycles. The van der Waals surface area contributed by atoms with Gasteiger partial charge in [0.05, 0.1) is 0 Å². The van der Waals surface area contributed by atoms with E-state index < -0.39 is 0 Å². The van der Waals surface area contributed by atoms with Crippen LogP contribution in [0.2, 0.25) is 0 Å². The van der Waals surface area contributed by atoms with Crippen LogP contribution in [0.15, 0.2) is 24.3 Å². The maximum absolute atomic E-state index is 2.27. The van der Waals surface area contributed by atoms with Crippen molar-refractivity contribution in [1.29, 1.82) is 0 Å².